The van der Waals surface area contributed by atoms with Crippen molar-refractivity contribution in [2.45, 2.75) is 19.3 Å². The summed E-state index contributed by atoms with van der Waals surface area (Å²) >= 11 is -1.78. The topological polar surface area (TPSA) is 86.6 Å². The van der Waals surface area contributed by atoms with E-state index < -0.39 is 17.0 Å². The molecule has 0 heterocycles. The van der Waals surface area contributed by atoms with Gasteiger partial charge in [-0.05, 0) is 12.8 Å². The molecule has 1 atom stereocenters. The number of carbonyl (C=O) groups excluding carboxylic acids is 1. The van der Waals surface area contributed by atoms with E-state index in [0.29, 0.717) is 12.8 Å². The number of hydrogen-bond donors (Lipinski definition) is 3. The van der Waals surface area contributed by atoms with Gasteiger partial charge in [-0.3, -0.25) is 10.0 Å². The number of amides is 1. The Kier molecular flexibility index (Phi) is 6.00. The quantitative estimate of drug-likeness (QED) is 0.239. The van der Waals surface area contributed by atoms with Gasteiger partial charge in [-0.25, -0.2) is 9.69 Å². The van der Waals surface area contributed by atoms with Crippen LogP contribution in [0.15, 0.2) is 0 Å². The Morgan fingerprint density at radius 3 is 2.55 bits per heavy atom. The SMILES string of the molecule is O=C(CCCCS(=O)O)NO. The number of hydrogen-bond acceptors (Lipinski definition) is 3. The smallest absolute Gasteiger partial charge is 0.243 e. The summed E-state index contributed by atoms with van der Waals surface area (Å²) in [6, 6.07) is 0. The Morgan fingerprint density at radius 1 is 1.45 bits per heavy atom. The van der Waals surface area contributed by atoms with Crippen LogP contribution in [-0.2, 0) is 15.9 Å². The van der Waals surface area contributed by atoms with Crippen molar-refractivity contribution in [3.63, 3.8) is 0 Å². The van der Waals surface area contributed by atoms with E-state index in [-0.39, 0.29) is 12.2 Å². The van der Waals surface area contributed by atoms with E-state index in [1.807, 2.05) is 0 Å². The van der Waals surface area contributed by atoms with Crippen molar-refractivity contribution in [1.82, 2.24) is 5.48 Å². The van der Waals surface area contributed by atoms with E-state index in [2.05, 4.69) is 0 Å². The Hall–Kier alpha value is -0.460. The van der Waals surface area contributed by atoms with Crippen LogP contribution in [0.25, 0.3) is 0 Å². The molecule has 0 aromatic heterocycles. The molecule has 0 saturated carbocycles. The second kappa shape index (κ2) is 6.26. The molecular weight excluding hydrogens is 170 g/mol. The third kappa shape index (κ3) is 7.44. The Balaban J connectivity index is 3.14. The molecule has 0 fully saturated rings. The van der Waals surface area contributed by atoms with Crippen molar-refractivity contribution in [3.05, 3.63) is 0 Å². The average molecular weight is 181 g/mol. The fraction of sp³-hybridized carbons (Fsp3) is 0.800. The van der Waals surface area contributed by atoms with Gasteiger partial charge < -0.3 is 4.55 Å². The second-order valence-corrected chi connectivity index (χ2v) is 3.07. The van der Waals surface area contributed by atoms with Gasteiger partial charge in [0.1, 0.15) is 0 Å². The molecule has 0 aromatic rings. The first-order valence-corrected chi connectivity index (χ1v) is 4.45. The van der Waals surface area contributed by atoms with Gasteiger partial charge in [-0.2, -0.15) is 0 Å². The normalized spacial score (nSPS) is 12.5. The van der Waals surface area contributed by atoms with Crippen LogP contribution in [0.1, 0.15) is 19.3 Å². The predicted molar refractivity (Wildman–Crippen MR) is 39.4 cm³/mol. The molecule has 0 aliphatic heterocycles. The molecule has 0 bridgehead atoms. The summed E-state index contributed by atoms with van der Waals surface area (Å²) in [5, 5.41) is 8.03. The first kappa shape index (κ1) is 10.5. The Morgan fingerprint density at radius 2 is 2.09 bits per heavy atom. The highest BCUT2D eigenvalue weighted by molar-refractivity contribution is 7.79. The lowest BCUT2D eigenvalue weighted by molar-refractivity contribution is -0.129. The summed E-state index contributed by atoms with van der Waals surface area (Å²) in [5.41, 5.74) is 1.48. The highest BCUT2D eigenvalue weighted by Crippen LogP contribution is 1.95. The van der Waals surface area contributed by atoms with Crippen LogP contribution in [-0.4, -0.2) is 25.6 Å². The van der Waals surface area contributed by atoms with Crippen LogP contribution in [0, 0.1) is 0 Å². The minimum absolute atomic E-state index is 0.179. The van der Waals surface area contributed by atoms with Crippen LogP contribution in [0.4, 0.5) is 0 Å². The summed E-state index contributed by atoms with van der Waals surface area (Å²) in [5.74, 6) is -0.285. The molecule has 1 amide bonds. The van der Waals surface area contributed by atoms with Crippen LogP contribution >= 0.6 is 0 Å². The summed E-state index contributed by atoms with van der Waals surface area (Å²) in [6.45, 7) is 0. The molecule has 0 aliphatic rings. The van der Waals surface area contributed by atoms with Crippen molar-refractivity contribution < 1.29 is 18.8 Å². The maximum Gasteiger partial charge on any atom is 0.243 e. The maximum absolute atomic E-state index is 10.4. The van der Waals surface area contributed by atoms with Gasteiger partial charge in [-0.1, -0.05) is 0 Å². The van der Waals surface area contributed by atoms with Gasteiger partial charge in [0.25, 0.3) is 0 Å². The maximum atomic E-state index is 10.4. The number of carbonyl (C=O) groups is 1. The molecule has 3 N–H and O–H groups in total. The molecule has 0 aliphatic carbocycles. The summed E-state index contributed by atoms with van der Waals surface area (Å²) < 4.78 is 18.4. The number of hydroxylamine groups is 1. The number of unbranched alkanes of at least 4 members (excludes halogenated alkanes) is 1. The van der Waals surface area contributed by atoms with E-state index in [0.717, 1.165) is 0 Å². The van der Waals surface area contributed by atoms with Gasteiger partial charge in [0.15, 0.2) is 11.1 Å². The molecule has 6 heteroatoms. The van der Waals surface area contributed by atoms with Gasteiger partial charge in [0.2, 0.25) is 5.91 Å². The predicted octanol–water partition coefficient (Wildman–Crippen LogP) is -0.116. The highest BCUT2D eigenvalue weighted by atomic mass is 32.2. The summed E-state index contributed by atoms with van der Waals surface area (Å²) in [4.78, 5) is 10.4. The van der Waals surface area contributed by atoms with Gasteiger partial charge >= 0.3 is 0 Å². The van der Waals surface area contributed by atoms with Crippen molar-refractivity contribution in [2.75, 3.05) is 5.75 Å². The molecule has 0 radical (unpaired) electrons. The lowest BCUT2D eigenvalue weighted by atomic mass is 10.2. The van der Waals surface area contributed by atoms with Gasteiger partial charge in [-0.15, -0.1) is 0 Å². The highest BCUT2D eigenvalue weighted by Gasteiger charge is 1.99. The van der Waals surface area contributed by atoms with Crippen LogP contribution in [0.3, 0.4) is 0 Å². The van der Waals surface area contributed by atoms with E-state index >= 15 is 0 Å². The second-order valence-electron chi connectivity index (χ2n) is 2.02. The molecule has 66 valence electrons. The molecule has 0 rings (SSSR count). The van der Waals surface area contributed by atoms with Crippen molar-refractivity contribution in [3.8, 4) is 0 Å². The third-order valence-electron chi connectivity index (χ3n) is 1.10. The Labute approximate surface area is 67.0 Å². The minimum atomic E-state index is -1.78. The van der Waals surface area contributed by atoms with E-state index in [4.69, 9.17) is 9.76 Å². The Bertz CT molecular complexity index is 149. The number of rotatable bonds is 5. The van der Waals surface area contributed by atoms with Crippen LogP contribution in [0.2, 0.25) is 0 Å². The molecule has 0 spiro atoms. The minimum Gasteiger partial charge on any atom is -0.306 e. The summed E-state index contributed by atoms with van der Waals surface area (Å²) in [6.07, 6.45) is 1.21. The molecule has 11 heavy (non-hydrogen) atoms. The van der Waals surface area contributed by atoms with Gasteiger partial charge in [0, 0.05) is 12.2 Å². The van der Waals surface area contributed by atoms with Crippen molar-refractivity contribution in [2.24, 2.45) is 0 Å². The monoisotopic (exact) mass is 181 g/mol. The largest absolute Gasteiger partial charge is 0.306 e. The average Bonchev–Trinajstić information content (AvgIpc) is 1.97. The molecule has 1 unspecified atom stereocenters. The zero-order valence-electron chi connectivity index (χ0n) is 5.95. The zero-order chi connectivity index (χ0) is 8.69. The molecular formula is C5H11NO4S. The first-order chi connectivity index (χ1) is 5.16. The lowest BCUT2D eigenvalue weighted by Gasteiger charge is -1.96. The van der Waals surface area contributed by atoms with Crippen LogP contribution in [0.5, 0.6) is 0 Å². The molecule has 0 saturated heterocycles. The zero-order valence-corrected chi connectivity index (χ0v) is 6.76. The van der Waals surface area contributed by atoms with Gasteiger partial charge in [0.05, 0.1) is 0 Å². The van der Waals surface area contributed by atoms with Crippen LogP contribution < -0.4 is 5.48 Å². The van der Waals surface area contributed by atoms with E-state index in [1.54, 1.807) is 0 Å². The van der Waals surface area contributed by atoms with E-state index in [9.17, 15) is 9.00 Å². The van der Waals surface area contributed by atoms with E-state index in [1.165, 1.54) is 5.48 Å². The molecule has 5 nitrogen and oxygen atoms in total. The fourth-order valence-corrected chi connectivity index (χ4v) is 1.02. The molecule has 0 aromatic carbocycles. The first-order valence-electron chi connectivity index (χ1n) is 3.17. The standard InChI is InChI=1S/C5H11NO4S/c7-5(6-8)3-1-2-4-11(9)10/h8H,1-4H2,(H,6,7)(H,9,10). The lowest BCUT2D eigenvalue weighted by Crippen LogP contribution is -2.17. The number of nitrogens with one attached hydrogen (secondary N) is 1. The fourth-order valence-electron chi connectivity index (χ4n) is 0.567. The van der Waals surface area contributed by atoms with Crippen molar-refractivity contribution >= 4 is 17.0 Å². The van der Waals surface area contributed by atoms with Crippen molar-refractivity contribution in [1.29, 1.82) is 0 Å². The third-order valence-corrected chi connectivity index (χ3v) is 1.74. The summed E-state index contributed by atoms with van der Waals surface area (Å²) in [7, 11) is 0.